The fourth-order valence-electron chi connectivity index (χ4n) is 3.34. The number of hydrogen-bond donors (Lipinski definition) is 0. The monoisotopic (exact) mass is 346 g/mol. The van der Waals surface area contributed by atoms with E-state index in [2.05, 4.69) is 14.5 Å². The highest BCUT2D eigenvalue weighted by atomic mass is 32.2. The zero-order valence-electron chi connectivity index (χ0n) is 13.5. The Hall–Kier alpha value is -2.19. The number of aryl methyl sites for hydroxylation is 1. The highest BCUT2D eigenvalue weighted by molar-refractivity contribution is 7.86. The van der Waals surface area contributed by atoms with Crippen molar-refractivity contribution in [2.45, 2.75) is 12.5 Å². The van der Waals surface area contributed by atoms with Crippen molar-refractivity contribution in [1.82, 2.24) is 14.5 Å². The lowest BCUT2D eigenvalue weighted by atomic mass is 10.2. The Morgan fingerprint density at radius 2 is 2.08 bits per heavy atom. The van der Waals surface area contributed by atoms with E-state index in [9.17, 15) is 8.42 Å². The van der Waals surface area contributed by atoms with Gasteiger partial charge < -0.3 is 9.47 Å². The summed E-state index contributed by atoms with van der Waals surface area (Å²) in [6, 6.07) is 5.99. The summed E-state index contributed by atoms with van der Waals surface area (Å²) in [5.41, 5.74) is 1.98. The molecule has 1 atom stereocenters. The van der Waals surface area contributed by atoms with Gasteiger partial charge in [0.1, 0.15) is 11.5 Å². The van der Waals surface area contributed by atoms with Crippen LogP contribution in [0.15, 0.2) is 30.6 Å². The van der Waals surface area contributed by atoms with Crippen molar-refractivity contribution in [3.05, 3.63) is 30.6 Å². The van der Waals surface area contributed by atoms with Gasteiger partial charge in [0.05, 0.1) is 17.9 Å². The molecular formula is C16H18N4O3S. The summed E-state index contributed by atoms with van der Waals surface area (Å²) in [4.78, 5) is 11.0. The van der Waals surface area contributed by atoms with Crippen LogP contribution >= 0.6 is 0 Å². The van der Waals surface area contributed by atoms with Gasteiger partial charge in [-0.1, -0.05) is 0 Å². The molecule has 4 heterocycles. The van der Waals surface area contributed by atoms with E-state index < -0.39 is 10.1 Å². The molecule has 3 aromatic rings. The quantitative estimate of drug-likeness (QED) is 0.672. The van der Waals surface area contributed by atoms with Crippen molar-refractivity contribution >= 4 is 37.9 Å². The summed E-state index contributed by atoms with van der Waals surface area (Å²) < 4.78 is 29.7. The van der Waals surface area contributed by atoms with Crippen LogP contribution in [0.3, 0.4) is 0 Å². The number of pyridine rings is 2. The molecule has 0 aliphatic carbocycles. The number of aromatic nitrogens is 3. The molecule has 4 rings (SSSR count). The zero-order chi connectivity index (χ0) is 16.9. The molecule has 1 saturated heterocycles. The zero-order valence-corrected chi connectivity index (χ0v) is 14.3. The molecule has 126 valence electrons. The first kappa shape index (κ1) is 15.3. The first-order valence-corrected chi connectivity index (χ1v) is 9.56. The Labute approximate surface area is 140 Å². The van der Waals surface area contributed by atoms with Gasteiger partial charge in [-0.25, -0.2) is 4.98 Å². The standard InChI is InChI=1S/C16H18N4O3S/c1-19-14-5-7-17-9-13(14)12-3-4-15(18-16(12)19)20-8-6-11(10-20)23-24(2,21)22/h3-5,7,9,11H,6,8,10H2,1-2H3/t11-/m1/s1. The van der Waals surface area contributed by atoms with Crippen molar-refractivity contribution in [1.29, 1.82) is 0 Å². The molecule has 0 aromatic carbocycles. The van der Waals surface area contributed by atoms with E-state index in [1.54, 1.807) is 6.20 Å². The largest absolute Gasteiger partial charge is 0.354 e. The molecule has 1 aliphatic heterocycles. The second-order valence-corrected chi connectivity index (χ2v) is 7.75. The number of nitrogens with zero attached hydrogens (tertiary/aromatic N) is 4. The Morgan fingerprint density at radius 3 is 2.88 bits per heavy atom. The number of fused-ring (bicyclic) bond motifs is 3. The minimum atomic E-state index is -3.43. The topological polar surface area (TPSA) is 77.3 Å². The molecule has 0 unspecified atom stereocenters. The third-order valence-electron chi connectivity index (χ3n) is 4.41. The molecule has 0 radical (unpaired) electrons. The Kier molecular flexibility index (Phi) is 3.47. The number of hydrogen-bond acceptors (Lipinski definition) is 6. The van der Waals surface area contributed by atoms with E-state index >= 15 is 0 Å². The van der Waals surface area contributed by atoms with Gasteiger partial charge in [0, 0.05) is 43.3 Å². The summed E-state index contributed by atoms with van der Waals surface area (Å²) in [5, 5.41) is 2.14. The third-order valence-corrected chi connectivity index (χ3v) is 5.03. The Bertz CT molecular complexity index is 1030. The van der Waals surface area contributed by atoms with Crippen LogP contribution in [0.25, 0.3) is 21.9 Å². The van der Waals surface area contributed by atoms with Gasteiger partial charge in [0.15, 0.2) is 0 Å². The minimum absolute atomic E-state index is 0.311. The molecule has 1 aliphatic rings. The lowest BCUT2D eigenvalue weighted by molar-refractivity contribution is 0.234. The molecule has 24 heavy (non-hydrogen) atoms. The summed E-state index contributed by atoms with van der Waals surface area (Å²) in [6.07, 6.45) is 5.07. The van der Waals surface area contributed by atoms with Crippen LogP contribution in [0.5, 0.6) is 0 Å². The molecule has 0 saturated carbocycles. The van der Waals surface area contributed by atoms with Crippen LogP contribution in [0.4, 0.5) is 5.82 Å². The fraction of sp³-hybridized carbons (Fsp3) is 0.375. The van der Waals surface area contributed by atoms with Gasteiger partial charge in [-0.3, -0.25) is 9.17 Å². The van der Waals surface area contributed by atoms with Crippen molar-refractivity contribution in [2.75, 3.05) is 24.2 Å². The summed E-state index contributed by atoms with van der Waals surface area (Å²) in [5.74, 6) is 0.834. The summed E-state index contributed by atoms with van der Waals surface area (Å²) in [7, 11) is -1.44. The first-order valence-electron chi connectivity index (χ1n) is 7.75. The molecular weight excluding hydrogens is 328 g/mol. The van der Waals surface area contributed by atoms with Gasteiger partial charge in [-0.15, -0.1) is 0 Å². The molecule has 3 aromatic heterocycles. The average Bonchev–Trinajstić information content (AvgIpc) is 3.10. The molecule has 1 fully saturated rings. The molecule has 0 amide bonds. The molecule has 0 N–H and O–H groups in total. The van der Waals surface area contributed by atoms with Crippen molar-refractivity contribution in [3.8, 4) is 0 Å². The SMILES string of the molecule is Cn1c2ccncc2c2ccc(N3CC[C@@H](OS(C)(=O)=O)C3)nc21. The van der Waals surface area contributed by atoms with Gasteiger partial charge in [0.25, 0.3) is 10.1 Å². The van der Waals surface area contributed by atoms with E-state index in [1.807, 2.05) is 31.4 Å². The van der Waals surface area contributed by atoms with Crippen LogP contribution in [-0.2, 0) is 21.3 Å². The van der Waals surface area contributed by atoms with Crippen molar-refractivity contribution in [2.24, 2.45) is 7.05 Å². The summed E-state index contributed by atoms with van der Waals surface area (Å²) in [6.45, 7) is 1.25. The second-order valence-electron chi connectivity index (χ2n) is 6.15. The van der Waals surface area contributed by atoms with Gasteiger partial charge in [0.2, 0.25) is 0 Å². The normalized spacial score (nSPS) is 18.8. The van der Waals surface area contributed by atoms with E-state index in [1.165, 1.54) is 0 Å². The summed E-state index contributed by atoms with van der Waals surface area (Å²) >= 11 is 0. The maximum Gasteiger partial charge on any atom is 0.264 e. The van der Waals surface area contributed by atoms with E-state index in [0.717, 1.165) is 40.6 Å². The fourth-order valence-corrected chi connectivity index (χ4v) is 4.00. The first-order chi connectivity index (χ1) is 11.4. The smallest absolute Gasteiger partial charge is 0.264 e. The lowest BCUT2D eigenvalue weighted by Gasteiger charge is -2.17. The molecule has 0 spiro atoms. The molecule has 8 heteroatoms. The lowest BCUT2D eigenvalue weighted by Crippen LogP contribution is -2.25. The van der Waals surface area contributed by atoms with E-state index in [4.69, 9.17) is 9.17 Å². The van der Waals surface area contributed by atoms with Gasteiger partial charge in [-0.05, 0) is 24.6 Å². The molecule has 7 nitrogen and oxygen atoms in total. The second kappa shape index (κ2) is 5.42. The van der Waals surface area contributed by atoms with Crippen molar-refractivity contribution < 1.29 is 12.6 Å². The number of rotatable bonds is 3. The van der Waals surface area contributed by atoms with Gasteiger partial charge >= 0.3 is 0 Å². The predicted octanol–water partition coefficient (Wildman–Crippen LogP) is 1.68. The van der Waals surface area contributed by atoms with Crippen LogP contribution in [0.1, 0.15) is 6.42 Å². The van der Waals surface area contributed by atoms with Crippen LogP contribution < -0.4 is 4.90 Å². The Morgan fingerprint density at radius 1 is 1.25 bits per heavy atom. The Balaban J connectivity index is 1.69. The minimum Gasteiger partial charge on any atom is -0.354 e. The third kappa shape index (κ3) is 2.61. The van der Waals surface area contributed by atoms with Crippen LogP contribution in [0, 0.1) is 0 Å². The van der Waals surface area contributed by atoms with Crippen LogP contribution in [0.2, 0.25) is 0 Å². The van der Waals surface area contributed by atoms with E-state index in [-0.39, 0.29) is 6.10 Å². The van der Waals surface area contributed by atoms with Crippen molar-refractivity contribution in [3.63, 3.8) is 0 Å². The molecule has 0 bridgehead atoms. The maximum absolute atomic E-state index is 11.3. The highest BCUT2D eigenvalue weighted by Gasteiger charge is 2.27. The highest BCUT2D eigenvalue weighted by Crippen LogP contribution is 2.29. The van der Waals surface area contributed by atoms with Crippen LogP contribution in [-0.4, -0.2) is 48.4 Å². The maximum atomic E-state index is 11.3. The average molecular weight is 346 g/mol. The van der Waals surface area contributed by atoms with Gasteiger partial charge in [-0.2, -0.15) is 8.42 Å². The van der Waals surface area contributed by atoms with E-state index in [0.29, 0.717) is 13.0 Å². The predicted molar refractivity (Wildman–Crippen MR) is 92.6 cm³/mol. The number of anilines is 1.